The molecule has 8 heteroatoms. The van der Waals surface area contributed by atoms with E-state index in [1.54, 1.807) is 13.1 Å². The molecule has 1 aromatic heterocycles. The molecule has 0 aliphatic carbocycles. The Balaban J connectivity index is 2.42. The number of carboxylic acid groups (broad SMARTS) is 1. The van der Waals surface area contributed by atoms with Crippen molar-refractivity contribution < 1.29 is 19.8 Å². The molecule has 0 fully saturated rings. The first kappa shape index (κ1) is 14.8. The van der Waals surface area contributed by atoms with Crippen LogP contribution in [0.3, 0.4) is 0 Å². The number of nitrogens with zero attached hydrogens (tertiary/aromatic N) is 2. The van der Waals surface area contributed by atoms with Crippen LogP contribution in [-0.2, 0) is 11.3 Å². The van der Waals surface area contributed by atoms with Crippen LogP contribution in [0, 0.1) is 6.92 Å². The molecule has 0 aliphatic heterocycles. The Morgan fingerprint density at radius 2 is 2.11 bits per heavy atom. The highest BCUT2D eigenvalue weighted by Crippen LogP contribution is 1.94. The smallest absolute Gasteiger partial charge is 0.326 e. The molecule has 0 aliphatic rings. The van der Waals surface area contributed by atoms with Gasteiger partial charge in [0.15, 0.2) is 0 Å². The molecular formula is C11H16N4O4. The summed E-state index contributed by atoms with van der Waals surface area (Å²) in [6.07, 6.45) is 3.05. The summed E-state index contributed by atoms with van der Waals surface area (Å²) in [6.45, 7) is 1.62. The summed E-state index contributed by atoms with van der Waals surface area (Å²) >= 11 is 0. The number of aliphatic hydroxyl groups is 1. The molecule has 1 heterocycles. The first-order valence-corrected chi connectivity index (χ1v) is 5.68. The molecule has 0 unspecified atom stereocenters. The van der Waals surface area contributed by atoms with E-state index in [0.717, 1.165) is 5.69 Å². The van der Waals surface area contributed by atoms with Gasteiger partial charge in [0, 0.05) is 19.2 Å². The van der Waals surface area contributed by atoms with Gasteiger partial charge in [0.1, 0.15) is 6.04 Å². The van der Waals surface area contributed by atoms with E-state index in [0.29, 0.717) is 5.69 Å². The molecule has 0 bridgehead atoms. The average Bonchev–Trinajstić information content (AvgIpc) is 2.37. The molecule has 8 nitrogen and oxygen atoms in total. The van der Waals surface area contributed by atoms with Gasteiger partial charge in [-0.15, -0.1) is 0 Å². The zero-order chi connectivity index (χ0) is 14.3. The molecule has 104 valence electrons. The summed E-state index contributed by atoms with van der Waals surface area (Å²) in [5, 5.41) is 22.2. The Labute approximate surface area is 109 Å². The Bertz CT molecular complexity index is 435. The van der Waals surface area contributed by atoms with Gasteiger partial charge in [0.25, 0.3) is 0 Å². The molecule has 0 radical (unpaired) electrons. The van der Waals surface area contributed by atoms with E-state index >= 15 is 0 Å². The average molecular weight is 268 g/mol. The van der Waals surface area contributed by atoms with E-state index in [1.165, 1.54) is 6.20 Å². The number of aromatic nitrogens is 2. The first-order valence-electron chi connectivity index (χ1n) is 5.68. The molecule has 0 spiro atoms. The quantitative estimate of drug-likeness (QED) is 0.547. The highest BCUT2D eigenvalue weighted by Gasteiger charge is 2.18. The van der Waals surface area contributed by atoms with Crippen LogP contribution in [0.5, 0.6) is 0 Å². The number of amides is 2. The monoisotopic (exact) mass is 268 g/mol. The predicted octanol–water partition coefficient (Wildman–Crippen LogP) is -0.580. The molecule has 0 aromatic carbocycles. The van der Waals surface area contributed by atoms with Crippen molar-refractivity contribution in [3.05, 3.63) is 23.8 Å². The van der Waals surface area contributed by atoms with Crippen molar-refractivity contribution in [3.63, 3.8) is 0 Å². The van der Waals surface area contributed by atoms with Crippen LogP contribution in [0.4, 0.5) is 4.79 Å². The number of carbonyl (C=O) groups excluding carboxylic acids is 1. The summed E-state index contributed by atoms with van der Waals surface area (Å²) < 4.78 is 0. The lowest BCUT2D eigenvalue weighted by Crippen LogP contribution is -2.46. The lowest BCUT2D eigenvalue weighted by atomic mass is 10.2. The normalized spacial score (nSPS) is 11.7. The zero-order valence-corrected chi connectivity index (χ0v) is 10.5. The summed E-state index contributed by atoms with van der Waals surface area (Å²) in [5.74, 6) is -1.20. The number of aliphatic carboxylic acids is 1. The van der Waals surface area contributed by atoms with Crippen LogP contribution < -0.4 is 10.6 Å². The number of urea groups is 1. The third-order valence-corrected chi connectivity index (χ3v) is 2.29. The summed E-state index contributed by atoms with van der Waals surface area (Å²) in [4.78, 5) is 30.3. The van der Waals surface area contributed by atoms with Gasteiger partial charge < -0.3 is 20.8 Å². The van der Waals surface area contributed by atoms with Crippen molar-refractivity contribution in [2.24, 2.45) is 0 Å². The van der Waals surface area contributed by atoms with Gasteiger partial charge >= 0.3 is 12.0 Å². The van der Waals surface area contributed by atoms with E-state index in [4.69, 9.17) is 10.2 Å². The standard InChI is InChI=1S/C11H16N4O4/c1-7-4-13-8(5-12-7)6-14-11(19)15-9(2-3-16)10(17)18/h4-5,9,16H,2-3,6H2,1H3,(H,17,18)(H2,14,15,19)/t9-/m0/s1. The number of rotatable bonds is 6. The number of hydrogen-bond acceptors (Lipinski definition) is 5. The Kier molecular flexibility index (Phi) is 5.68. The van der Waals surface area contributed by atoms with Crippen LogP contribution >= 0.6 is 0 Å². The van der Waals surface area contributed by atoms with E-state index in [9.17, 15) is 9.59 Å². The highest BCUT2D eigenvalue weighted by atomic mass is 16.4. The number of carbonyl (C=O) groups is 2. The van der Waals surface area contributed by atoms with E-state index in [1.807, 2.05) is 0 Å². The summed E-state index contributed by atoms with van der Waals surface area (Å²) in [6, 6.07) is -1.75. The second-order valence-corrected chi connectivity index (χ2v) is 3.88. The van der Waals surface area contributed by atoms with Gasteiger partial charge in [0.2, 0.25) is 0 Å². The first-order chi connectivity index (χ1) is 9.02. The fourth-order valence-electron chi connectivity index (χ4n) is 1.28. The third kappa shape index (κ3) is 5.30. The van der Waals surface area contributed by atoms with Gasteiger partial charge in [-0.05, 0) is 6.92 Å². The lowest BCUT2D eigenvalue weighted by molar-refractivity contribution is -0.139. The molecule has 1 rings (SSSR count). The molecule has 19 heavy (non-hydrogen) atoms. The van der Waals surface area contributed by atoms with Gasteiger partial charge in [-0.1, -0.05) is 0 Å². The number of aryl methyl sites for hydroxylation is 1. The van der Waals surface area contributed by atoms with Gasteiger partial charge in [-0.3, -0.25) is 9.97 Å². The van der Waals surface area contributed by atoms with Crippen molar-refractivity contribution in [1.29, 1.82) is 0 Å². The minimum absolute atomic E-state index is 0.0485. The predicted molar refractivity (Wildman–Crippen MR) is 65.3 cm³/mol. The van der Waals surface area contributed by atoms with Gasteiger partial charge in [-0.25, -0.2) is 9.59 Å². The van der Waals surface area contributed by atoms with E-state index in [2.05, 4.69) is 20.6 Å². The number of hydrogen-bond donors (Lipinski definition) is 4. The maximum absolute atomic E-state index is 11.5. The number of carboxylic acids is 1. The molecule has 2 amide bonds. The fraction of sp³-hybridized carbons (Fsp3) is 0.455. The molecular weight excluding hydrogens is 252 g/mol. The molecule has 1 aromatic rings. The van der Waals surface area contributed by atoms with Crippen LogP contribution in [0.15, 0.2) is 12.4 Å². The second kappa shape index (κ2) is 7.27. The SMILES string of the molecule is Cc1cnc(CNC(=O)N[C@@H](CCO)C(=O)O)cn1. The van der Waals surface area contributed by atoms with Crippen LogP contribution in [0.25, 0.3) is 0 Å². The number of aliphatic hydroxyl groups excluding tert-OH is 1. The van der Waals surface area contributed by atoms with Crippen molar-refractivity contribution in [3.8, 4) is 0 Å². The minimum Gasteiger partial charge on any atom is -0.480 e. The maximum Gasteiger partial charge on any atom is 0.326 e. The summed E-state index contributed by atoms with van der Waals surface area (Å²) in [5.41, 5.74) is 1.33. The van der Waals surface area contributed by atoms with Crippen LogP contribution in [0.1, 0.15) is 17.8 Å². The van der Waals surface area contributed by atoms with Crippen molar-refractivity contribution >= 4 is 12.0 Å². The largest absolute Gasteiger partial charge is 0.480 e. The molecule has 4 N–H and O–H groups in total. The van der Waals surface area contributed by atoms with Crippen molar-refractivity contribution in [2.75, 3.05) is 6.61 Å². The molecule has 0 saturated carbocycles. The fourth-order valence-corrected chi connectivity index (χ4v) is 1.28. The zero-order valence-electron chi connectivity index (χ0n) is 10.5. The molecule has 1 atom stereocenters. The van der Waals surface area contributed by atoms with Crippen LogP contribution in [0.2, 0.25) is 0 Å². The Hall–Kier alpha value is -2.22. The Morgan fingerprint density at radius 3 is 2.63 bits per heavy atom. The highest BCUT2D eigenvalue weighted by molar-refractivity contribution is 5.82. The maximum atomic E-state index is 11.5. The minimum atomic E-state index is -1.20. The number of nitrogens with one attached hydrogen (secondary N) is 2. The van der Waals surface area contributed by atoms with Crippen LogP contribution in [-0.4, -0.2) is 44.8 Å². The topological polar surface area (TPSA) is 124 Å². The Morgan fingerprint density at radius 1 is 1.37 bits per heavy atom. The van der Waals surface area contributed by atoms with E-state index in [-0.39, 0.29) is 19.6 Å². The van der Waals surface area contributed by atoms with Gasteiger partial charge in [-0.2, -0.15) is 0 Å². The lowest BCUT2D eigenvalue weighted by Gasteiger charge is -2.13. The van der Waals surface area contributed by atoms with Crippen molar-refractivity contribution in [1.82, 2.24) is 20.6 Å². The van der Waals surface area contributed by atoms with Gasteiger partial charge in [0.05, 0.1) is 24.1 Å². The van der Waals surface area contributed by atoms with Crippen molar-refractivity contribution in [2.45, 2.75) is 25.9 Å². The van der Waals surface area contributed by atoms with E-state index < -0.39 is 18.0 Å². The summed E-state index contributed by atoms with van der Waals surface area (Å²) in [7, 11) is 0. The second-order valence-electron chi connectivity index (χ2n) is 3.88. The molecule has 0 saturated heterocycles. The third-order valence-electron chi connectivity index (χ3n) is 2.29.